The van der Waals surface area contributed by atoms with Gasteiger partial charge in [0.15, 0.2) is 5.96 Å². The van der Waals surface area contributed by atoms with Crippen LogP contribution in [0.2, 0.25) is 0 Å². The lowest BCUT2D eigenvalue weighted by Crippen LogP contribution is -2.53. The van der Waals surface area contributed by atoms with Gasteiger partial charge in [-0.05, 0) is 45.9 Å². The average Bonchev–Trinajstić information content (AvgIpc) is 3.04. The van der Waals surface area contributed by atoms with Crippen molar-refractivity contribution in [2.75, 3.05) is 58.1 Å². The lowest BCUT2D eigenvalue weighted by molar-refractivity contribution is 0.107. The first-order valence-electron chi connectivity index (χ1n) is 9.69. The van der Waals surface area contributed by atoms with Gasteiger partial charge in [0, 0.05) is 50.1 Å². The topological polar surface area (TPSA) is 42.9 Å². The Morgan fingerprint density at radius 2 is 1.96 bits per heavy atom. The minimum Gasteiger partial charge on any atom is -0.357 e. The van der Waals surface area contributed by atoms with Gasteiger partial charge in [-0.2, -0.15) is 11.8 Å². The number of hydrogen-bond donors (Lipinski definition) is 2. The fourth-order valence-corrected chi connectivity index (χ4v) is 4.67. The van der Waals surface area contributed by atoms with Crippen molar-refractivity contribution in [3.63, 3.8) is 0 Å². The van der Waals surface area contributed by atoms with Gasteiger partial charge >= 0.3 is 0 Å². The van der Waals surface area contributed by atoms with E-state index < -0.39 is 0 Å². The van der Waals surface area contributed by atoms with Gasteiger partial charge in [-0.1, -0.05) is 6.92 Å². The van der Waals surface area contributed by atoms with Crippen LogP contribution >= 0.6 is 11.8 Å². The Morgan fingerprint density at radius 3 is 2.54 bits per heavy atom. The monoisotopic (exact) mass is 355 g/mol. The summed E-state index contributed by atoms with van der Waals surface area (Å²) in [5.74, 6) is 2.27. The zero-order valence-corrected chi connectivity index (χ0v) is 16.9. The van der Waals surface area contributed by atoms with Crippen LogP contribution in [0.25, 0.3) is 0 Å². The van der Waals surface area contributed by atoms with Gasteiger partial charge in [-0.3, -0.25) is 9.89 Å². The van der Waals surface area contributed by atoms with Gasteiger partial charge in [0.1, 0.15) is 0 Å². The Balaban J connectivity index is 1.77. The number of thioether (sulfide) groups is 1. The summed E-state index contributed by atoms with van der Waals surface area (Å²) >= 11 is 2.08. The smallest absolute Gasteiger partial charge is 0.191 e. The summed E-state index contributed by atoms with van der Waals surface area (Å²) in [7, 11) is 0. The normalized spacial score (nSPS) is 28.1. The number of guanidine groups is 1. The molecule has 24 heavy (non-hydrogen) atoms. The minimum atomic E-state index is 0.338. The zero-order chi connectivity index (χ0) is 17.4. The molecule has 2 aliphatic heterocycles. The standard InChI is InChI=1S/C18H37N5S/c1-5-19-17(21-15-18(4)8-7-13-24-18)20-14-16(3)23-11-9-22(6-2)10-12-23/h16H,5-15H2,1-4H3,(H2,19,20,21). The summed E-state index contributed by atoms with van der Waals surface area (Å²) in [4.78, 5) is 9.98. The molecule has 2 rings (SSSR count). The third-order valence-electron chi connectivity index (χ3n) is 5.26. The molecule has 0 aromatic carbocycles. The molecular formula is C18H37N5S. The highest BCUT2D eigenvalue weighted by atomic mass is 32.2. The van der Waals surface area contributed by atoms with Crippen molar-refractivity contribution >= 4 is 17.7 Å². The molecule has 2 saturated heterocycles. The molecule has 2 N–H and O–H groups in total. The van der Waals surface area contributed by atoms with Crippen molar-refractivity contribution in [2.45, 2.75) is 51.3 Å². The minimum absolute atomic E-state index is 0.338. The molecule has 0 radical (unpaired) electrons. The van der Waals surface area contributed by atoms with Gasteiger partial charge in [0.25, 0.3) is 0 Å². The molecule has 0 bridgehead atoms. The van der Waals surface area contributed by atoms with Crippen molar-refractivity contribution in [2.24, 2.45) is 4.99 Å². The second kappa shape index (κ2) is 9.88. The van der Waals surface area contributed by atoms with Crippen LogP contribution < -0.4 is 10.6 Å². The fraction of sp³-hybridized carbons (Fsp3) is 0.944. The first-order valence-corrected chi connectivity index (χ1v) is 10.7. The summed E-state index contributed by atoms with van der Waals surface area (Å²) in [5, 5.41) is 6.96. The van der Waals surface area contributed by atoms with E-state index in [9.17, 15) is 0 Å². The predicted molar refractivity (Wildman–Crippen MR) is 107 cm³/mol. The maximum absolute atomic E-state index is 4.86. The average molecular weight is 356 g/mol. The van der Waals surface area contributed by atoms with Gasteiger partial charge in [-0.25, -0.2) is 0 Å². The van der Waals surface area contributed by atoms with Crippen LogP contribution in [0.4, 0.5) is 0 Å². The summed E-state index contributed by atoms with van der Waals surface area (Å²) in [6.07, 6.45) is 2.63. The number of aliphatic imine (C=N–C) groups is 1. The van der Waals surface area contributed by atoms with Crippen LogP contribution in [0, 0.1) is 0 Å². The maximum Gasteiger partial charge on any atom is 0.191 e. The Labute approximate surface area is 153 Å². The molecule has 0 amide bonds. The molecule has 2 fully saturated rings. The van der Waals surface area contributed by atoms with E-state index in [-0.39, 0.29) is 0 Å². The molecule has 140 valence electrons. The molecule has 0 spiro atoms. The summed E-state index contributed by atoms with van der Waals surface area (Å²) in [6.45, 7) is 17.8. The highest BCUT2D eigenvalue weighted by Crippen LogP contribution is 2.37. The number of hydrogen-bond acceptors (Lipinski definition) is 4. The van der Waals surface area contributed by atoms with E-state index in [1.165, 1.54) is 51.3 Å². The fourth-order valence-electron chi connectivity index (χ4n) is 3.44. The molecule has 5 nitrogen and oxygen atoms in total. The molecule has 0 aromatic heterocycles. The second-order valence-electron chi connectivity index (χ2n) is 7.30. The maximum atomic E-state index is 4.86. The number of rotatable bonds is 7. The third kappa shape index (κ3) is 6.12. The largest absolute Gasteiger partial charge is 0.357 e. The van der Waals surface area contributed by atoms with Crippen molar-refractivity contribution in [3.05, 3.63) is 0 Å². The molecule has 0 aromatic rings. The first kappa shape index (κ1) is 19.9. The summed E-state index contributed by atoms with van der Waals surface area (Å²) in [6, 6.07) is 0.546. The lowest BCUT2D eigenvalue weighted by Gasteiger charge is -2.37. The lowest BCUT2D eigenvalue weighted by atomic mass is 10.1. The predicted octanol–water partition coefficient (Wildman–Crippen LogP) is 1.85. The SMILES string of the molecule is CCNC(=NCC1(C)CCCS1)NCC(C)N1CCN(CC)CC1. The summed E-state index contributed by atoms with van der Waals surface area (Å²) in [5.41, 5.74) is 0. The van der Waals surface area contributed by atoms with Crippen LogP contribution in [0.15, 0.2) is 4.99 Å². The van der Waals surface area contributed by atoms with Gasteiger partial charge in [0.05, 0.1) is 6.54 Å². The molecule has 2 unspecified atom stereocenters. The molecule has 0 aliphatic carbocycles. The number of piperazine rings is 1. The van der Waals surface area contributed by atoms with Gasteiger partial charge in [0.2, 0.25) is 0 Å². The Kier molecular flexibility index (Phi) is 8.17. The van der Waals surface area contributed by atoms with E-state index >= 15 is 0 Å². The van der Waals surface area contributed by atoms with Gasteiger partial charge < -0.3 is 15.5 Å². The Morgan fingerprint density at radius 1 is 1.21 bits per heavy atom. The highest BCUT2D eigenvalue weighted by molar-refractivity contribution is 8.00. The van der Waals surface area contributed by atoms with Crippen LogP contribution in [0.5, 0.6) is 0 Å². The van der Waals surface area contributed by atoms with Crippen LogP contribution in [0.1, 0.15) is 40.5 Å². The number of nitrogens with one attached hydrogen (secondary N) is 2. The molecule has 2 heterocycles. The van der Waals surface area contributed by atoms with Crippen molar-refractivity contribution in [1.29, 1.82) is 0 Å². The highest BCUT2D eigenvalue weighted by Gasteiger charge is 2.29. The van der Waals surface area contributed by atoms with E-state index in [4.69, 9.17) is 4.99 Å². The molecule has 2 aliphatic rings. The Bertz CT molecular complexity index is 387. The van der Waals surface area contributed by atoms with E-state index in [0.717, 1.165) is 25.6 Å². The van der Waals surface area contributed by atoms with E-state index in [1.54, 1.807) is 0 Å². The first-order chi connectivity index (χ1) is 11.6. The van der Waals surface area contributed by atoms with Crippen molar-refractivity contribution in [3.8, 4) is 0 Å². The van der Waals surface area contributed by atoms with Crippen LogP contribution in [-0.4, -0.2) is 84.7 Å². The number of likely N-dealkylation sites (N-methyl/N-ethyl adjacent to an activating group) is 1. The van der Waals surface area contributed by atoms with Crippen molar-refractivity contribution < 1.29 is 0 Å². The van der Waals surface area contributed by atoms with E-state index in [0.29, 0.717) is 10.8 Å². The van der Waals surface area contributed by atoms with Crippen molar-refractivity contribution in [1.82, 2.24) is 20.4 Å². The quantitative estimate of drug-likeness (QED) is 0.539. The van der Waals surface area contributed by atoms with Crippen LogP contribution in [-0.2, 0) is 0 Å². The van der Waals surface area contributed by atoms with Crippen LogP contribution in [0.3, 0.4) is 0 Å². The molecular weight excluding hydrogens is 318 g/mol. The number of nitrogens with zero attached hydrogens (tertiary/aromatic N) is 3. The molecule has 6 heteroatoms. The van der Waals surface area contributed by atoms with E-state index in [2.05, 4.69) is 59.9 Å². The second-order valence-corrected chi connectivity index (χ2v) is 8.98. The third-order valence-corrected chi connectivity index (χ3v) is 6.78. The molecule has 0 saturated carbocycles. The zero-order valence-electron chi connectivity index (χ0n) is 16.1. The van der Waals surface area contributed by atoms with E-state index in [1.807, 2.05) is 0 Å². The Hall–Kier alpha value is -0.460. The molecule has 2 atom stereocenters. The van der Waals surface area contributed by atoms with Gasteiger partial charge in [-0.15, -0.1) is 0 Å². The summed E-state index contributed by atoms with van der Waals surface area (Å²) < 4.78 is 0.338.